The quantitative estimate of drug-likeness (QED) is 0.724. The van der Waals surface area contributed by atoms with Crippen LogP contribution in [0.4, 0.5) is 0 Å². The van der Waals surface area contributed by atoms with E-state index in [0.29, 0.717) is 0 Å². The molecule has 0 amide bonds. The molecule has 0 spiro atoms. The normalized spacial score (nSPS) is 32.6. The van der Waals surface area contributed by atoms with Gasteiger partial charge in [-0.3, -0.25) is 9.80 Å². The van der Waals surface area contributed by atoms with Crippen LogP contribution in [0, 0.1) is 0 Å². The molecule has 2 fully saturated rings. The minimum atomic E-state index is 0.883. The van der Waals surface area contributed by atoms with Crippen molar-refractivity contribution in [1.82, 2.24) is 9.80 Å². The molecule has 2 nitrogen and oxygen atoms in total. The molecule has 1 saturated carbocycles. The molecule has 0 radical (unpaired) electrons. The number of rotatable bonds is 4. The van der Waals surface area contributed by atoms with Crippen molar-refractivity contribution >= 4 is 0 Å². The number of hydrogen-bond acceptors (Lipinski definition) is 2. The van der Waals surface area contributed by atoms with Gasteiger partial charge in [0.05, 0.1) is 0 Å². The van der Waals surface area contributed by atoms with Crippen molar-refractivity contribution in [1.29, 1.82) is 0 Å². The Morgan fingerprint density at radius 3 is 1.62 bits per heavy atom. The van der Waals surface area contributed by atoms with Gasteiger partial charge < -0.3 is 0 Å². The molecule has 0 aromatic carbocycles. The lowest BCUT2D eigenvalue weighted by Crippen LogP contribution is -2.60. The van der Waals surface area contributed by atoms with Gasteiger partial charge in [-0.15, -0.1) is 0 Å². The van der Waals surface area contributed by atoms with E-state index in [2.05, 4.69) is 23.6 Å². The Bertz CT molecular complexity index is 183. The molecule has 94 valence electrons. The SMILES string of the molecule is CCCN1CCN(CCC)C2CCCCC21. The van der Waals surface area contributed by atoms with Crippen molar-refractivity contribution in [2.45, 2.75) is 64.5 Å². The third-order valence-electron chi connectivity index (χ3n) is 4.33. The molecule has 16 heavy (non-hydrogen) atoms. The lowest BCUT2D eigenvalue weighted by atomic mass is 9.86. The molecule has 0 aromatic rings. The van der Waals surface area contributed by atoms with E-state index in [0.717, 1.165) is 12.1 Å². The van der Waals surface area contributed by atoms with Crippen LogP contribution >= 0.6 is 0 Å². The Hall–Kier alpha value is -0.0800. The van der Waals surface area contributed by atoms with Crippen molar-refractivity contribution in [3.05, 3.63) is 0 Å². The van der Waals surface area contributed by atoms with Crippen LogP contribution in [0.25, 0.3) is 0 Å². The summed E-state index contributed by atoms with van der Waals surface area (Å²) in [7, 11) is 0. The standard InChI is InChI=1S/C14H28N2/c1-3-9-15-11-12-16(10-4-2)14-8-6-5-7-13(14)15/h13-14H,3-12H2,1-2H3. The zero-order valence-electron chi connectivity index (χ0n) is 11.1. The third-order valence-corrected chi connectivity index (χ3v) is 4.33. The summed E-state index contributed by atoms with van der Waals surface area (Å²) < 4.78 is 0. The van der Waals surface area contributed by atoms with Gasteiger partial charge in [-0.05, 0) is 38.8 Å². The molecule has 2 aliphatic rings. The van der Waals surface area contributed by atoms with E-state index in [1.807, 2.05) is 0 Å². The number of fused-ring (bicyclic) bond motifs is 1. The van der Waals surface area contributed by atoms with Crippen LogP contribution in [0.15, 0.2) is 0 Å². The fourth-order valence-corrected chi connectivity index (χ4v) is 3.66. The molecule has 2 atom stereocenters. The van der Waals surface area contributed by atoms with Crippen molar-refractivity contribution in [2.24, 2.45) is 0 Å². The number of hydrogen-bond donors (Lipinski definition) is 0. The van der Waals surface area contributed by atoms with E-state index in [-0.39, 0.29) is 0 Å². The zero-order chi connectivity index (χ0) is 11.4. The van der Waals surface area contributed by atoms with Crippen LogP contribution < -0.4 is 0 Å². The first kappa shape index (κ1) is 12.4. The lowest BCUT2D eigenvalue weighted by Gasteiger charge is -2.50. The van der Waals surface area contributed by atoms with Crippen LogP contribution in [0.5, 0.6) is 0 Å². The molecular formula is C14H28N2. The highest BCUT2D eigenvalue weighted by Gasteiger charge is 2.36. The highest BCUT2D eigenvalue weighted by molar-refractivity contribution is 4.93. The summed E-state index contributed by atoms with van der Waals surface area (Å²) in [6.45, 7) is 9.90. The fourth-order valence-electron chi connectivity index (χ4n) is 3.66. The Kier molecular flexibility index (Phi) is 4.66. The second-order valence-corrected chi connectivity index (χ2v) is 5.49. The van der Waals surface area contributed by atoms with Crippen LogP contribution in [0.2, 0.25) is 0 Å². The summed E-state index contributed by atoms with van der Waals surface area (Å²) >= 11 is 0. The summed E-state index contributed by atoms with van der Waals surface area (Å²) in [5.41, 5.74) is 0. The zero-order valence-corrected chi connectivity index (χ0v) is 11.1. The molecule has 0 N–H and O–H groups in total. The average molecular weight is 224 g/mol. The van der Waals surface area contributed by atoms with Crippen LogP contribution in [0.1, 0.15) is 52.4 Å². The maximum absolute atomic E-state index is 2.77. The highest BCUT2D eigenvalue weighted by Crippen LogP contribution is 2.30. The molecule has 0 aromatic heterocycles. The van der Waals surface area contributed by atoms with Gasteiger partial charge in [0.25, 0.3) is 0 Å². The topological polar surface area (TPSA) is 6.48 Å². The van der Waals surface area contributed by atoms with E-state index >= 15 is 0 Å². The first-order chi connectivity index (χ1) is 7.86. The van der Waals surface area contributed by atoms with E-state index in [4.69, 9.17) is 0 Å². The van der Waals surface area contributed by atoms with E-state index < -0.39 is 0 Å². The Balaban J connectivity index is 1.99. The second-order valence-electron chi connectivity index (χ2n) is 5.49. The lowest BCUT2D eigenvalue weighted by molar-refractivity contribution is -0.00373. The molecule has 2 unspecified atom stereocenters. The van der Waals surface area contributed by atoms with Crippen molar-refractivity contribution < 1.29 is 0 Å². The molecule has 1 heterocycles. The van der Waals surface area contributed by atoms with Crippen molar-refractivity contribution in [3.63, 3.8) is 0 Å². The maximum atomic E-state index is 2.77. The molecule has 2 heteroatoms. The maximum Gasteiger partial charge on any atom is 0.0252 e. The monoisotopic (exact) mass is 224 g/mol. The number of piperazine rings is 1. The van der Waals surface area contributed by atoms with Gasteiger partial charge in [-0.25, -0.2) is 0 Å². The van der Waals surface area contributed by atoms with Gasteiger partial charge in [0.15, 0.2) is 0 Å². The Morgan fingerprint density at radius 2 is 1.25 bits per heavy atom. The van der Waals surface area contributed by atoms with Gasteiger partial charge in [0.2, 0.25) is 0 Å². The summed E-state index contributed by atoms with van der Waals surface area (Å²) in [6, 6.07) is 1.77. The predicted octanol–water partition coefficient (Wildman–Crippen LogP) is 2.74. The largest absolute Gasteiger partial charge is 0.298 e. The molecule has 0 bridgehead atoms. The highest BCUT2D eigenvalue weighted by atomic mass is 15.3. The summed E-state index contributed by atoms with van der Waals surface area (Å²) in [4.78, 5) is 5.55. The molecule has 1 aliphatic heterocycles. The van der Waals surface area contributed by atoms with Gasteiger partial charge in [-0.1, -0.05) is 26.7 Å². The molecule has 1 aliphatic carbocycles. The van der Waals surface area contributed by atoms with Crippen LogP contribution in [-0.2, 0) is 0 Å². The van der Waals surface area contributed by atoms with E-state index in [1.165, 1.54) is 64.7 Å². The van der Waals surface area contributed by atoms with Crippen LogP contribution in [-0.4, -0.2) is 48.1 Å². The van der Waals surface area contributed by atoms with Gasteiger partial charge in [0.1, 0.15) is 0 Å². The summed E-state index contributed by atoms with van der Waals surface area (Å²) in [6.07, 6.45) is 8.45. The molecular weight excluding hydrogens is 196 g/mol. The predicted molar refractivity (Wildman–Crippen MR) is 69.8 cm³/mol. The van der Waals surface area contributed by atoms with Gasteiger partial charge in [-0.2, -0.15) is 0 Å². The average Bonchev–Trinajstić information content (AvgIpc) is 2.33. The third kappa shape index (κ3) is 2.60. The van der Waals surface area contributed by atoms with E-state index in [9.17, 15) is 0 Å². The second kappa shape index (κ2) is 6.02. The van der Waals surface area contributed by atoms with Crippen LogP contribution in [0.3, 0.4) is 0 Å². The summed E-state index contributed by atoms with van der Waals surface area (Å²) in [5.74, 6) is 0. The first-order valence-corrected chi connectivity index (χ1v) is 7.35. The smallest absolute Gasteiger partial charge is 0.0252 e. The van der Waals surface area contributed by atoms with Crippen molar-refractivity contribution in [2.75, 3.05) is 26.2 Å². The molecule has 2 rings (SSSR count). The van der Waals surface area contributed by atoms with Gasteiger partial charge in [0, 0.05) is 25.2 Å². The van der Waals surface area contributed by atoms with Crippen molar-refractivity contribution in [3.8, 4) is 0 Å². The van der Waals surface area contributed by atoms with E-state index in [1.54, 1.807) is 0 Å². The minimum absolute atomic E-state index is 0.883. The first-order valence-electron chi connectivity index (χ1n) is 7.35. The van der Waals surface area contributed by atoms with Gasteiger partial charge >= 0.3 is 0 Å². The fraction of sp³-hybridized carbons (Fsp3) is 1.00. The number of nitrogens with zero attached hydrogens (tertiary/aromatic N) is 2. The summed E-state index contributed by atoms with van der Waals surface area (Å²) in [5, 5.41) is 0. The molecule has 1 saturated heterocycles. The Labute approximate surface area is 101 Å². The Morgan fingerprint density at radius 1 is 0.812 bits per heavy atom. The minimum Gasteiger partial charge on any atom is -0.298 e.